The fraction of sp³-hybridized carbons (Fsp3) is 0.167. The van der Waals surface area contributed by atoms with Crippen molar-refractivity contribution in [3.63, 3.8) is 0 Å². The van der Waals surface area contributed by atoms with Crippen molar-refractivity contribution in [3.05, 3.63) is 65.4 Å². The minimum atomic E-state index is -1.32. The lowest BCUT2D eigenvalue weighted by atomic mass is 9.80. The van der Waals surface area contributed by atoms with Crippen molar-refractivity contribution >= 4 is 29.4 Å². The fourth-order valence-corrected chi connectivity index (χ4v) is 2.52. The number of nitrogens with zero attached hydrogens (tertiary/aromatic N) is 2. The van der Waals surface area contributed by atoms with E-state index >= 15 is 0 Å². The average Bonchev–Trinajstić information content (AvgIpc) is 3.04. The summed E-state index contributed by atoms with van der Waals surface area (Å²) < 4.78 is 1.69. The third-order valence-electron chi connectivity index (χ3n) is 3.92. The number of nitrogens with two attached hydrogens (primary N) is 1. The van der Waals surface area contributed by atoms with Gasteiger partial charge in [0.05, 0.1) is 11.9 Å². The number of hydrogen-bond donors (Lipinski definition) is 3. The Hall–Kier alpha value is -3.06. The Labute approximate surface area is 155 Å². The highest BCUT2D eigenvalue weighted by Gasteiger charge is 2.40. The molecular weight excluding hydrogens is 358 g/mol. The Balaban J connectivity index is 0.000000189. The molecule has 0 radical (unpaired) electrons. The maximum atomic E-state index is 10.9. The number of carbonyl (C=O) groups is 2. The molecule has 0 fully saturated rings. The SMILES string of the molecule is CC1(C(=O)O)CC(C(=O)O)=CC=C1Cl.Nc1ccnn1-c1ccccc1. The van der Waals surface area contributed by atoms with Crippen molar-refractivity contribution in [3.8, 4) is 5.69 Å². The van der Waals surface area contributed by atoms with Crippen LogP contribution in [0, 0.1) is 5.41 Å². The number of aliphatic carboxylic acids is 2. The van der Waals surface area contributed by atoms with E-state index in [9.17, 15) is 9.59 Å². The molecule has 3 rings (SSSR count). The molecule has 1 heterocycles. The molecule has 8 heteroatoms. The van der Waals surface area contributed by atoms with Crippen LogP contribution in [-0.4, -0.2) is 31.9 Å². The summed E-state index contributed by atoms with van der Waals surface area (Å²) in [4.78, 5) is 21.5. The van der Waals surface area contributed by atoms with Gasteiger partial charge in [-0.15, -0.1) is 0 Å². The molecule has 1 aliphatic rings. The molecule has 0 saturated carbocycles. The molecule has 7 nitrogen and oxygen atoms in total. The van der Waals surface area contributed by atoms with E-state index in [1.54, 1.807) is 16.9 Å². The van der Waals surface area contributed by atoms with Crippen LogP contribution in [0.15, 0.2) is 65.4 Å². The van der Waals surface area contributed by atoms with Gasteiger partial charge < -0.3 is 15.9 Å². The van der Waals surface area contributed by atoms with Crippen LogP contribution in [0.1, 0.15) is 13.3 Å². The molecule has 1 unspecified atom stereocenters. The number of aromatic nitrogens is 2. The van der Waals surface area contributed by atoms with Gasteiger partial charge >= 0.3 is 11.9 Å². The highest BCUT2D eigenvalue weighted by atomic mass is 35.5. The van der Waals surface area contributed by atoms with E-state index in [4.69, 9.17) is 27.5 Å². The van der Waals surface area contributed by atoms with Crippen LogP contribution in [0.2, 0.25) is 0 Å². The Morgan fingerprint density at radius 2 is 1.85 bits per heavy atom. The van der Waals surface area contributed by atoms with E-state index in [2.05, 4.69) is 5.10 Å². The molecule has 4 N–H and O–H groups in total. The molecule has 2 aromatic rings. The van der Waals surface area contributed by atoms with Gasteiger partial charge in [0.15, 0.2) is 0 Å². The van der Waals surface area contributed by atoms with Crippen molar-refractivity contribution in [1.82, 2.24) is 9.78 Å². The van der Waals surface area contributed by atoms with E-state index in [1.165, 1.54) is 19.1 Å². The molecule has 1 aromatic heterocycles. The summed E-state index contributed by atoms with van der Waals surface area (Å²) in [6, 6.07) is 11.6. The van der Waals surface area contributed by atoms with Gasteiger partial charge in [-0.05, 0) is 25.1 Å². The molecule has 0 aliphatic heterocycles. The predicted octanol–water partition coefficient (Wildman–Crippen LogP) is 3.07. The number of carboxylic acid groups (broad SMARTS) is 2. The fourth-order valence-electron chi connectivity index (χ4n) is 2.31. The summed E-state index contributed by atoms with van der Waals surface area (Å²) >= 11 is 5.73. The van der Waals surface area contributed by atoms with Gasteiger partial charge in [0.1, 0.15) is 11.2 Å². The molecule has 0 spiro atoms. The first kappa shape index (κ1) is 19.3. The summed E-state index contributed by atoms with van der Waals surface area (Å²) in [7, 11) is 0. The Bertz CT molecular complexity index is 874. The number of carboxylic acids is 2. The van der Waals surface area contributed by atoms with Gasteiger partial charge in [0, 0.05) is 23.1 Å². The number of allylic oxidation sites excluding steroid dienone is 2. The molecular formula is C18H18ClN3O4. The average molecular weight is 376 g/mol. The molecule has 0 amide bonds. The van der Waals surface area contributed by atoms with Gasteiger partial charge in [-0.3, -0.25) is 4.79 Å². The van der Waals surface area contributed by atoms with E-state index < -0.39 is 17.4 Å². The van der Waals surface area contributed by atoms with Crippen LogP contribution in [0.4, 0.5) is 5.82 Å². The molecule has 1 aromatic carbocycles. The summed E-state index contributed by atoms with van der Waals surface area (Å²) in [5, 5.41) is 21.9. The lowest BCUT2D eigenvalue weighted by Gasteiger charge is -2.26. The quantitative estimate of drug-likeness (QED) is 0.758. The normalized spacial score (nSPS) is 18.8. The number of para-hydroxylation sites is 1. The zero-order valence-electron chi connectivity index (χ0n) is 14.0. The van der Waals surface area contributed by atoms with E-state index in [-0.39, 0.29) is 17.0 Å². The molecule has 1 aliphatic carbocycles. The molecule has 1 atom stereocenters. The Kier molecular flexibility index (Phi) is 5.84. The van der Waals surface area contributed by atoms with Crippen molar-refractivity contribution < 1.29 is 19.8 Å². The lowest BCUT2D eigenvalue weighted by Crippen LogP contribution is -2.31. The van der Waals surface area contributed by atoms with Crippen LogP contribution in [0.3, 0.4) is 0 Å². The minimum absolute atomic E-state index is 0.0549. The van der Waals surface area contributed by atoms with Crippen LogP contribution < -0.4 is 5.73 Å². The number of halogens is 1. The molecule has 26 heavy (non-hydrogen) atoms. The number of hydrogen-bond acceptors (Lipinski definition) is 4. The molecule has 136 valence electrons. The van der Waals surface area contributed by atoms with Gasteiger partial charge in [-0.2, -0.15) is 5.10 Å². The molecule has 0 saturated heterocycles. The van der Waals surface area contributed by atoms with E-state index in [1.807, 2.05) is 30.3 Å². The van der Waals surface area contributed by atoms with E-state index in [0.717, 1.165) is 5.69 Å². The van der Waals surface area contributed by atoms with Crippen molar-refractivity contribution in [2.45, 2.75) is 13.3 Å². The zero-order valence-corrected chi connectivity index (χ0v) is 14.7. The van der Waals surface area contributed by atoms with E-state index in [0.29, 0.717) is 5.82 Å². The summed E-state index contributed by atoms with van der Waals surface area (Å²) in [6.07, 6.45) is 4.24. The number of anilines is 1. The second-order valence-electron chi connectivity index (χ2n) is 5.83. The van der Waals surface area contributed by atoms with Crippen molar-refractivity contribution in [2.75, 3.05) is 5.73 Å². The third-order valence-corrected chi connectivity index (χ3v) is 4.46. The highest BCUT2D eigenvalue weighted by molar-refractivity contribution is 6.32. The topological polar surface area (TPSA) is 118 Å². The summed E-state index contributed by atoms with van der Waals surface area (Å²) in [6.45, 7) is 1.41. The second kappa shape index (κ2) is 7.88. The summed E-state index contributed by atoms with van der Waals surface area (Å²) in [5.74, 6) is -1.58. The largest absolute Gasteiger partial charge is 0.481 e. The highest BCUT2D eigenvalue weighted by Crippen LogP contribution is 2.39. The number of nitrogen functional groups attached to an aromatic ring is 1. The van der Waals surface area contributed by atoms with Crippen LogP contribution >= 0.6 is 11.6 Å². The van der Waals surface area contributed by atoms with Crippen molar-refractivity contribution in [2.24, 2.45) is 5.41 Å². The first-order valence-corrected chi connectivity index (χ1v) is 8.02. The van der Waals surface area contributed by atoms with Gasteiger partial charge in [0.25, 0.3) is 0 Å². The molecule has 0 bridgehead atoms. The van der Waals surface area contributed by atoms with Crippen LogP contribution in [0.25, 0.3) is 5.69 Å². The predicted molar refractivity (Wildman–Crippen MR) is 98.0 cm³/mol. The third kappa shape index (κ3) is 4.12. The summed E-state index contributed by atoms with van der Waals surface area (Å²) in [5.41, 5.74) is 5.40. The van der Waals surface area contributed by atoms with Crippen LogP contribution in [-0.2, 0) is 9.59 Å². The Morgan fingerprint density at radius 3 is 2.35 bits per heavy atom. The van der Waals surface area contributed by atoms with Crippen molar-refractivity contribution in [1.29, 1.82) is 0 Å². The first-order chi connectivity index (χ1) is 12.3. The first-order valence-electron chi connectivity index (χ1n) is 7.64. The van der Waals surface area contributed by atoms with Gasteiger partial charge in [-0.1, -0.05) is 35.9 Å². The smallest absolute Gasteiger partial charge is 0.331 e. The lowest BCUT2D eigenvalue weighted by molar-refractivity contribution is -0.145. The Morgan fingerprint density at radius 1 is 1.19 bits per heavy atom. The van der Waals surface area contributed by atoms with Crippen LogP contribution in [0.5, 0.6) is 0 Å². The zero-order chi connectivity index (χ0) is 19.3. The number of rotatable bonds is 3. The maximum Gasteiger partial charge on any atom is 0.331 e. The second-order valence-corrected chi connectivity index (χ2v) is 6.24. The maximum absolute atomic E-state index is 10.9. The monoisotopic (exact) mass is 375 g/mol. The number of benzene rings is 1. The van der Waals surface area contributed by atoms with Gasteiger partial charge in [0.2, 0.25) is 0 Å². The van der Waals surface area contributed by atoms with Gasteiger partial charge in [-0.25, -0.2) is 9.48 Å². The standard InChI is InChI=1S/C9H9ClO4.C9H9N3/c1-9(8(13)14)4-5(7(11)12)2-3-6(9)10;10-9-6-7-11-12(9)8-4-2-1-3-5-8/h2-3H,4H2,1H3,(H,11,12)(H,13,14);1-7H,10H2. The minimum Gasteiger partial charge on any atom is -0.481 e.